The minimum absolute atomic E-state index is 0.275. The molecule has 1 amide bonds. The number of fused-ring (bicyclic) bond motifs is 1. The second kappa shape index (κ2) is 6.37. The quantitative estimate of drug-likeness (QED) is 0.702. The van der Waals surface area contributed by atoms with E-state index >= 15 is 0 Å². The van der Waals surface area contributed by atoms with Crippen LogP contribution in [0, 0.1) is 11.3 Å². The number of amides is 1. The molecule has 0 unspecified atom stereocenters. The molecule has 0 aliphatic heterocycles. The fourth-order valence-electron chi connectivity index (χ4n) is 2.55. The van der Waals surface area contributed by atoms with E-state index in [0.29, 0.717) is 22.2 Å². The van der Waals surface area contributed by atoms with E-state index in [0.717, 1.165) is 12.1 Å². The fourth-order valence-corrected chi connectivity index (χ4v) is 2.55. The normalized spacial score (nSPS) is 11.8. The van der Waals surface area contributed by atoms with Gasteiger partial charge in [-0.25, -0.2) is 4.98 Å². The number of nitrogens with two attached hydrogens (primary N) is 1. The van der Waals surface area contributed by atoms with Crippen LogP contribution in [0.5, 0.6) is 0 Å². The highest BCUT2D eigenvalue weighted by Gasteiger charge is 2.33. The number of nitrogens with zero attached hydrogens (tertiary/aromatic N) is 2. The second-order valence-electron chi connectivity index (χ2n) is 5.47. The number of carbonyl (C=O) groups is 1. The molecule has 3 aromatic rings. The van der Waals surface area contributed by atoms with Gasteiger partial charge >= 0.3 is 6.18 Å². The van der Waals surface area contributed by atoms with Gasteiger partial charge in [0.05, 0.1) is 17.2 Å². The summed E-state index contributed by atoms with van der Waals surface area (Å²) in [6.07, 6.45) is 1.08. The average Bonchev–Trinajstić information content (AvgIpc) is 3.00. The first-order chi connectivity index (χ1) is 12.3. The maximum absolute atomic E-state index is 13.2. The first-order valence-corrected chi connectivity index (χ1v) is 7.36. The molecule has 2 heterocycles. The van der Waals surface area contributed by atoms with Gasteiger partial charge < -0.3 is 10.7 Å². The Hall–Kier alpha value is -3.60. The number of hydrogen-bond donors (Lipinski definition) is 2. The Bertz CT molecular complexity index is 1070. The Kier molecular flexibility index (Phi) is 4.22. The summed E-state index contributed by atoms with van der Waals surface area (Å²) < 4.78 is 39.5. The van der Waals surface area contributed by atoms with Crippen molar-refractivity contribution in [3.63, 3.8) is 0 Å². The van der Waals surface area contributed by atoms with Crippen LogP contribution in [-0.2, 0) is 11.0 Å². The summed E-state index contributed by atoms with van der Waals surface area (Å²) in [6.45, 7) is 0. The number of nitriles is 1. The van der Waals surface area contributed by atoms with E-state index in [4.69, 9.17) is 11.0 Å². The van der Waals surface area contributed by atoms with Crippen LogP contribution < -0.4 is 5.73 Å². The van der Waals surface area contributed by atoms with Crippen molar-refractivity contribution >= 4 is 23.0 Å². The molecule has 8 heteroatoms. The molecule has 3 rings (SSSR count). The molecular weight excluding hydrogens is 345 g/mol. The van der Waals surface area contributed by atoms with Crippen LogP contribution in [0.4, 0.5) is 13.2 Å². The minimum atomic E-state index is -4.64. The van der Waals surface area contributed by atoms with Gasteiger partial charge in [0.1, 0.15) is 5.65 Å². The van der Waals surface area contributed by atoms with E-state index in [1.807, 2.05) is 0 Å². The molecule has 5 nitrogen and oxygen atoms in total. The SMILES string of the molecule is N#Cc1ccc(-c2cnc3[nH]cc(C=CC(N)=O)c3c2)cc1C(F)(F)F. The van der Waals surface area contributed by atoms with E-state index in [2.05, 4.69) is 9.97 Å². The number of nitrogens with one attached hydrogen (secondary N) is 1. The third-order valence-corrected chi connectivity index (χ3v) is 3.77. The van der Waals surface area contributed by atoms with Gasteiger partial charge in [-0.05, 0) is 29.8 Å². The van der Waals surface area contributed by atoms with E-state index in [9.17, 15) is 18.0 Å². The number of carbonyl (C=O) groups excluding carboxylic acids is 1. The highest BCUT2D eigenvalue weighted by molar-refractivity contribution is 5.95. The van der Waals surface area contributed by atoms with Crippen molar-refractivity contribution in [3.05, 3.63) is 59.4 Å². The Morgan fingerprint density at radius 3 is 2.69 bits per heavy atom. The van der Waals surface area contributed by atoms with E-state index < -0.39 is 23.2 Å². The minimum Gasteiger partial charge on any atom is -0.366 e. The summed E-state index contributed by atoms with van der Waals surface area (Å²) in [5.41, 5.74) is 5.49. The molecule has 0 saturated heterocycles. The molecule has 1 aromatic carbocycles. The highest BCUT2D eigenvalue weighted by atomic mass is 19.4. The Labute approximate surface area is 145 Å². The monoisotopic (exact) mass is 356 g/mol. The standard InChI is InChI=1S/C18H11F3N4O/c19-18(20,21)15-6-10(1-2-11(15)7-22)13-5-14-12(3-4-16(23)26)8-24-17(14)25-9-13/h1-6,8-9H,(H2,23,26)(H,24,25). The molecule has 0 bridgehead atoms. The maximum Gasteiger partial charge on any atom is 0.417 e. The van der Waals surface area contributed by atoms with Crippen molar-refractivity contribution < 1.29 is 18.0 Å². The van der Waals surface area contributed by atoms with Crippen molar-refractivity contribution in [3.8, 4) is 17.2 Å². The number of alkyl halides is 3. The van der Waals surface area contributed by atoms with Gasteiger partial charge in [0.15, 0.2) is 0 Å². The largest absolute Gasteiger partial charge is 0.417 e. The van der Waals surface area contributed by atoms with Crippen LogP contribution in [0.1, 0.15) is 16.7 Å². The molecule has 26 heavy (non-hydrogen) atoms. The van der Waals surface area contributed by atoms with Crippen LogP contribution >= 0.6 is 0 Å². The molecule has 0 spiro atoms. The number of rotatable bonds is 3. The lowest BCUT2D eigenvalue weighted by molar-refractivity contribution is -0.137. The molecule has 2 aromatic heterocycles. The van der Waals surface area contributed by atoms with E-state index in [-0.39, 0.29) is 5.56 Å². The van der Waals surface area contributed by atoms with Crippen molar-refractivity contribution in [1.82, 2.24) is 9.97 Å². The molecule has 3 N–H and O–H groups in total. The molecule has 0 aliphatic rings. The van der Waals surface area contributed by atoms with Gasteiger partial charge in [-0.1, -0.05) is 6.07 Å². The third-order valence-electron chi connectivity index (χ3n) is 3.77. The van der Waals surface area contributed by atoms with Crippen molar-refractivity contribution in [2.75, 3.05) is 0 Å². The van der Waals surface area contributed by atoms with E-state index in [1.165, 1.54) is 24.4 Å². The van der Waals surface area contributed by atoms with Crippen LogP contribution in [0.2, 0.25) is 0 Å². The van der Waals surface area contributed by atoms with Crippen molar-refractivity contribution in [1.29, 1.82) is 5.26 Å². The predicted octanol–water partition coefficient (Wildman–Crippen LogP) is 3.62. The predicted molar refractivity (Wildman–Crippen MR) is 89.5 cm³/mol. The number of halogens is 3. The van der Waals surface area contributed by atoms with Gasteiger partial charge in [-0.2, -0.15) is 18.4 Å². The average molecular weight is 356 g/mol. The summed E-state index contributed by atoms with van der Waals surface area (Å²) in [6, 6.07) is 6.69. The summed E-state index contributed by atoms with van der Waals surface area (Å²) in [5, 5.41) is 9.51. The van der Waals surface area contributed by atoms with Crippen LogP contribution in [0.3, 0.4) is 0 Å². The van der Waals surface area contributed by atoms with Crippen LogP contribution in [-0.4, -0.2) is 15.9 Å². The molecule has 0 aliphatic carbocycles. The number of aromatic nitrogens is 2. The zero-order valence-electron chi connectivity index (χ0n) is 13.1. The van der Waals surface area contributed by atoms with Crippen molar-refractivity contribution in [2.24, 2.45) is 5.73 Å². The summed E-state index contributed by atoms with van der Waals surface area (Å²) in [7, 11) is 0. The molecule has 0 fully saturated rings. The van der Waals surface area contributed by atoms with Gasteiger partial charge in [-0.3, -0.25) is 4.79 Å². The highest BCUT2D eigenvalue weighted by Crippen LogP contribution is 2.35. The third kappa shape index (κ3) is 3.28. The lowest BCUT2D eigenvalue weighted by Crippen LogP contribution is -2.08. The van der Waals surface area contributed by atoms with Gasteiger partial charge in [0, 0.05) is 35.0 Å². The lowest BCUT2D eigenvalue weighted by atomic mass is 9.99. The Balaban J connectivity index is 2.13. The smallest absolute Gasteiger partial charge is 0.366 e. The second-order valence-corrected chi connectivity index (χ2v) is 5.47. The van der Waals surface area contributed by atoms with Gasteiger partial charge in [0.2, 0.25) is 5.91 Å². The fraction of sp³-hybridized carbons (Fsp3) is 0.0556. The number of benzene rings is 1. The number of pyridine rings is 1. The molecule has 0 saturated carbocycles. The topological polar surface area (TPSA) is 95.6 Å². The van der Waals surface area contributed by atoms with Crippen molar-refractivity contribution in [2.45, 2.75) is 6.18 Å². The Morgan fingerprint density at radius 2 is 2.04 bits per heavy atom. The Morgan fingerprint density at radius 1 is 1.27 bits per heavy atom. The van der Waals surface area contributed by atoms with E-state index in [1.54, 1.807) is 18.3 Å². The summed E-state index contributed by atoms with van der Waals surface area (Å²) >= 11 is 0. The molecule has 130 valence electrons. The zero-order valence-corrected chi connectivity index (χ0v) is 13.1. The lowest BCUT2D eigenvalue weighted by Gasteiger charge is -2.11. The summed E-state index contributed by atoms with van der Waals surface area (Å²) in [4.78, 5) is 18.0. The number of primary amides is 1. The van der Waals surface area contributed by atoms with Gasteiger partial charge in [-0.15, -0.1) is 0 Å². The maximum atomic E-state index is 13.2. The molecular formula is C18H11F3N4O. The van der Waals surface area contributed by atoms with Crippen LogP contribution in [0.25, 0.3) is 28.2 Å². The summed E-state index contributed by atoms with van der Waals surface area (Å²) in [5.74, 6) is -0.620. The molecule has 0 atom stereocenters. The van der Waals surface area contributed by atoms with Crippen LogP contribution in [0.15, 0.2) is 42.7 Å². The number of hydrogen-bond acceptors (Lipinski definition) is 3. The number of H-pyrrole nitrogens is 1. The number of aromatic amines is 1. The zero-order chi connectivity index (χ0) is 18.9. The molecule has 0 radical (unpaired) electrons. The first kappa shape index (κ1) is 17.2. The first-order valence-electron chi connectivity index (χ1n) is 7.36. The van der Waals surface area contributed by atoms with Gasteiger partial charge in [0.25, 0.3) is 0 Å².